The van der Waals surface area contributed by atoms with E-state index in [1.54, 1.807) is 0 Å². The van der Waals surface area contributed by atoms with Gasteiger partial charge in [0.2, 0.25) is 0 Å². The molecule has 0 aliphatic carbocycles. The molecular weight excluding hydrogens is 196 g/mol. The first-order chi connectivity index (χ1) is 7.67. The van der Waals surface area contributed by atoms with Crippen LogP contribution in [0.15, 0.2) is 42.5 Å². The van der Waals surface area contributed by atoms with Gasteiger partial charge in [-0.05, 0) is 43.5 Å². The zero-order chi connectivity index (χ0) is 12.0. The summed E-state index contributed by atoms with van der Waals surface area (Å²) >= 11 is 0. The maximum atomic E-state index is 5.42. The lowest BCUT2D eigenvalue weighted by atomic mass is 10.0. The zero-order valence-electron chi connectivity index (χ0n) is 10.4. The van der Waals surface area contributed by atoms with Crippen LogP contribution in [0.1, 0.15) is 32.8 Å². The summed E-state index contributed by atoms with van der Waals surface area (Å²) in [6.45, 7) is 10.8. The van der Waals surface area contributed by atoms with E-state index in [2.05, 4.69) is 31.7 Å². The molecule has 0 fully saturated rings. The molecule has 1 rings (SSSR count). The summed E-state index contributed by atoms with van der Waals surface area (Å²) in [5.74, 6) is 0.928. The summed E-state index contributed by atoms with van der Waals surface area (Å²) in [6.07, 6.45) is 3.15. The Hall–Kier alpha value is -1.50. The number of rotatable bonds is 5. The number of hydrogen-bond acceptors (Lipinski definition) is 1. The van der Waals surface area contributed by atoms with Crippen LogP contribution in [0.4, 0.5) is 0 Å². The number of ether oxygens (including phenoxy) is 1. The van der Waals surface area contributed by atoms with Gasteiger partial charge in [-0.3, -0.25) is 0 Å². The molecule has 0 saturated heterocycles. The van der Waals surface area contributed by atoms with Gasteiger partial charge in [-0.2, -0.15) is 0 Å². The van der Waals surface area contributed by atoms with Gasteiger partial charge in [-0.15, -0.1) is 0 Å². The Morgan fingerprint density at radius 2 is 1.88 bits per heavy atom. The molecule has 0 spiro atoms. The van der Waals surface area contributed by atoms with Crippen LogP contribution in [0.25, 0.3) is 5.57 Å². The largest absolute Gasteiger partial charge is 0.494 e. The van der Waals surface area contributed by atoms with Crippen molar-refractivity contribution in [2.75, 3.05) is 6.61 Å². The standard InChI is InChI=1S/C15H20O/c1-5-13(11-12(3)4)14-7-9-15(10-8-14)16-6-2/h7-11H,3,5-6H2,1-2,4H3/b13-11+. The highest BCUT2D eigenvalue weighted by atomic mass is 16.5. The quantitative estimate of drug-likeness (QED) is 0.660. The zero-order valence-corrected chi connectivity index (χ0v) is 10.4. The Balaban J connectivity index is 2.91. The fourth-order valence-electron chi connectivity index (χ4n) is 1.62. The third-order valence-corrected chi connectivity index (χ3v) is 2.34. The van der Waals surface area contributed by atoms with E-state index in [4.69, 9.17) is 4.74 Å². The van der Waals surface area contributed by atoms with Crippen molar-refractivity contribution in [3.63, 3.8) is 0 Å². The third-order valence-electron chi connectivity index (χ3n) is 2.34. The number of hydrogen-bond donors (Lipinski definition) is 0. The molecule has 1 nitrogen and oxygen atoms in total. The highest BCUT2D eigenvalue weighted by Crippen LogP contribution is 2.22. The molecule has 1 aromatic rings. The van der Waals surface area contributed by atoms with Gasteiger partial charge in [0.05, 0.1) is 6.61 Å². The molecule has 0 aliphatic heterocycles. The smallest absolute Gasteiger partial charge is 0.119 e. The van der Waals surface area contributed by atoms with Crippen molar-refractivity contribution < 1.29 is 4.74 Å². The van der Waals surface area contributed by atoms with Gasteiger partial charge in [-0.25, -0.2) is 0 Å². The molecule has 0 aromatic heterocycles. The normalized spacial score (nSPS) is 11.3. The first-order valence-electron chi connectivity index (χ1n) is 5.76. The second-order valence-electron chi connectivity index (χ2n) is 3.83. The molecule has 0 bridgehead atoms. The second-order valence-corrected chi connectivity index (χ2v) is 3.83. The Kier molecular flexibility index (Phi) is 4.84. The lowest BCUT2D eigenvalue weighted by Crippen LogP contribution is -1.91. The van der Waals surface area contributed by atoms with Crippen LogP contribution in [-0.4, -0.2) is 6.61 Å². The molecule has 0 amide bonds. The maximum Gasteiger partial charge on any atom is 0.119 e. The molecule has 0 heterocycles. The van der Waals surface area contributed by atoms with Crippen LogP contribution in [0.5, 0.6) is 5.75 Å². The molecule has 0 atom stereocenters. The molecule has 0 N–H and O–H groups in total. The second kappa shape index (κ2) is 6.16. The van der Waals surface area contributed by atoms with Gasteiger partial charge in [-0.1, -0.05) is 37.3 Å². The molecule has 0 unspecified atom stereocenters. The summed E-state index contributed by atoms with van der Waals surface area (Å²) in [5.41, 5.74) is 3.65. The predicted octanol–water partition coefficient (Wildman–Crippen LogP) is 4.45. The molecule has 16 heavy (non-hydrogen) atoms. The van der Waals surface area contributed by atoms with Gasteiger partial charge in [0.15, 0.2) is 0 Å². The topological polar surface area (TPSA) is 9.23 Å². The van der Waals surface area contributed by atoms with Crippen LogP contribution in [-0.2, 0) is 0 Å². The molecule has 1 heteroatoms. The van der Waals surface area contributed by atoms with Crippen LogP contribution >= 0.6 is 0 Å². The van der Waals surface area contributed by atoms with Crippen LogP contribution < -0.4 is 4.74 Å². The van der Waals surface area contributed by atoms with Crippen molar-refractivity contribution >= 4 is 5.57 Å². The van der Waals surface area contributed by atoms with E-state index >= 15 is 0 Å². The van der Waals surface area contributed by atoms with E-state index in [9.17, 15) is 0 Å². The van der Waals surface area contributed by atoms with Crippen molar-refractivity contribution in [1.29, 1.82) is 0 Å². The average Bonchev–Trinajstić information content (AvgIpc) is 2.27. The molecular formula is C15H20O. The van der Waals surface area contributed by atoms with Crippen molar-refractivity contribution in [3.05, 3.63) is 48.1 Å². The SMILES string of the molecule is C=C(C)/C=C(\CC)c1ccc(OCC)cc1. The Morgan fingerprint density at radius 3 is 2.31 bits per heavy atom. The van der Waals surface area contributed by atoms with Gasteiger partial charge < -0.3 is 4.74 Å². The Bertz CT molecular complexity index is 371. The van der Waals surface area contributed by atoms with Gasteiger partial charge in [0.1, 0.15) is 5.75 Å². The summed E-state index contributed by atoms with van der Waals surface area (Å²) in [6, 6.07) is 8.23. The summed E-state index contributed by atoms with van der Waals surface area (Å²) < 4.78 is 5.42. The van der Waals surface area contributed by atoms with Crippen molar-refractivity contribution in [1.82, 2.24) is 0 Å². The molecule has 86 valence electrons. The van der Waals surface area contributed by atoms with Crippen LogP contribution in [0.2, 0.25) is 0 Å². The lowest BCUT2D eigenvalue weighted by molar-refractivity contribution is 0.340. The van der Waals surface area contributed by atoms with E-state index in [1.165, 1.54) is 11.1 Å². The first kappa shape index (κ1) is 12.6. The Morgan fingerprint density at radius 1 is 1.25 bits per heavy atom. The van der Waals surface area contributed by atoms with Crippen molar-refractivity contribution in [2.24, 2.45) is 0 Å². The minimum Gasteiger partial charge on any atom is -0.494 e. The minimum absolute atomic E-state index is 0.710. The highest BCUT2D eigenvalue weighted by molar-refractivity contribution is 5.68. The van der Waals surface area contributed by atoms with Gasteiger partial charge in [0, 0.05) is 0 Å². The highest BCUT2D eigenvalue weighted by Gasteiger charge is 1.99. The lowest BCUT2D eigenvalue weighted by Gasteiger charge is -2.07. The fraction of sp³-hybridized carbons (Fsp3) is 0.333. The van der Waals surface area contributed by atoms with E-state index in [0.29, 0.717) is 6.61 Å². The maximum absolute atomic E-state index is 5.42. The summed E-state index contributed by atoms with van der Waals surface area (Å²) in [5, 5.41) is 0. The molecule has 0 radical (unpaired) electrons. The van der Waals surface area contributed by atoms with Gasteiger partial charge >= 0.3 is 0 Å². The minimum atomic E-state index is 0.710. The fourth-order valence-corrected chi connectivity index (χ4v) is 1.62. The number of allylic oxidation sites excluding steroid dienone is 3. The summed E-state index contributed by atoms with van der Waals surface area (Å²) in [7, 11) is 0. The van der Waals surface area contributed by atoms with Crippen molar-refractivity contribution in [3.8, 4) is 5.75 Å². The van der Waals surface area contributed by atoms with E-state index in [-0.39, 0.29) is 0 Å². The molecule has 0 saturated carbocycles. The van der Waals surface area contributed by atoms with Crippen LogP contribution in [0.3, 0.4) is 0 Å². The summed E-state index contributed by atoms with van der Waals surface area (Å²) in [4.78, 5) is 0. The number of benzene rings is 1. The van der Waals surface area contributed by atoms with E-state index < -0.39 is 0 Å². The average molecular weight is 216 g/mol. The molecule has 0 aliphatic rings. The predicted molar refractivity (Wildman–Crippen MR) is 70.7 cm³/mol. The van der Waals surface area contributed by atoms with E-state index in [0.717, 1.165) is 17.7 Å². The molecule has 1 aromatic carbocycles. The van der Waals surface area contributed by atoms with E-state index in [1.807, 2.05) is 26.0 Å². The monoisotopic (exact) mass is 216 g/mol. The van der Waals surface area contributed by atoms with Crippen LogP contribution in [0, 0.1) is 0 Å². The Labute approximate surface area is 98.5 Å². The first-order valence-corrected chi connectivity index (χ1v) is 5.76. The van der Waals surface area contributed by atoms with Gasteiger partial charge in [0.25, 0.3) is 0 Å². The third kappa shape index (κ3) is 3.58. The van der Waals surface area contributed by atoms with Crippen molar-refractivity contribution in [2.45, 2.75) is 27.2 Å².